The lowest BCUT2D eigenvalue weighted by Crippen LogP contribution is -1.94. The van der Waals surface area contributed by atoms with E-state index in [4.69, 9.17) is 0 Å². The molecule has 0 atom stereocenters. The van der Waals surface area contributed by atoms with Gasteiger partial charge in [0.25, 0.3) is 0 Å². The second-order valence-corrected chi connectivity index (χ2v) is 4.77. The first-order chi connectivity index (χ1) is 10.9. The van der Waals surface area contributed by atoms with E-state index < -0.39 is 0 Å². The van der Waals surface area contributed by atoms with Crippen LogP contribution in [0, 0.1) is 0 Å². The van der Waals surface area contributed by atoms with Crippen molar-refractivity contribution in [3.05, 3.63) is 73.8 Å². The fourth-order valence-electron chi connectivity index (χ4n) is 2.30. The van der Waals surface area contributed by atoms with Crippen molar-refractivity contribution in [1.82, 2.24) is 29.5 Å². The van der Waals surface area contributed by atoms with Crippen LogP contribution in [0.5, 0.6) is 0 Å². The Balaban J connectivity index is 1.62. The second kappa shape index (κ2) is 5.25. The van der Waals surface area contributed by atoms with E-state index in [-0.39, 0.29) is 0 Å². The van der Waals surface area contributed by atoms with Crippen LogP contribution >= 0.6 is 0 Å². The Kier molecular flexibility index (Phi) is 2.97. The number of nitrogens with zero attached hydrogens (tertiary/aromatic N) is 6. The maximum absolute atomic E-state index is 4.12. The number of hydrogen-bond donors (Lipinski definition) is 0. The lowest BCUT2D eigenvalue weighted by atomic mass is 10.1. The fraction of sp³-hybridized carbons (Fsp3) is 0. The van der Waals surface area contributed by atoms with Crippen molar-refractivity contribution in [1.29, 1.82) is 0 Å². The molecule has 2 aromatic heterocycles. The summed E-state index contributed by atoms with van der Waals surface area (Å²) in [4.78, 5) is 7.90. The molecule has 2 heterocycles. The molecule has 22 heavy (non-hydrogen) atoms. The van der Waals surface area contributed by atoms with Crippen LogP contribution in [0.2, 0.25) is 0 Å². The highest BCUT2D eigenvalue weighted by atomic mass is 15.3. The quantitative estimate of drug-likeness (QED) is 0.581. The molecule has 4 rings (SSSR count). The van der Waals surface area contributed by atoms with Crippen LogP contribution in [0.15, 0.2) is 73.8 Å². The lowest BCUT2D eigenvalue weighted by Gasteiger charge is -2.06. The maximum atomic E-state index is 4.12. The van der Waals surface area contributed by atoms with E-state index in [0.29, 0.717) is 0 Å². The van der Waals surface area contributed by atoms with Crippen LogP contribution in [-0.4, -0.2) is 29.5 Å². The Morgan fingerprint density at radius 2 is 0.955 bits per heavy atom. The summed E-state index contributed by atoms with van der Waals surface area (Å²) in [5, 5.41) is 8.24. The molecular formula is C16H12N6. The average Bonchev–Trinajstić information content (AvgIpc) is 3.29. The predicted octanol–water partition coefficient (Wildman–Crippen LogP) is 2.51. The van der Waals surface area contributed by atoms with Gasteiger partial charge in [0.1, 0.15) is 25.3 Å². The van der Waals surface area contributed by atoms with Crippen molar-refractivity contribution in [2.45, 2.75) is 0 Å². The largest absolute Gasteiger partial charge is 0.223 e. The first-order valence-corrected chi connectivity index (χ1v) is 6.81. The molecule has 0 fully saturated rings. The molecule has 0 amide bonds. The zero-order chi connectivity index (χ0) is 14.8. The molecule has 0 unspecified atom stereocenters. The van der Waals surface area contributed by atoms with Gasteiger partial charge in [-0.3, -0.25) is 0 Å². The highest BCUT2D eigenvalue weighted by molar-refractivity contribution is 5.65. The molecule has 0 radical (unpaired) electrons. The molecule has 0 aliphatic rings. The molecule has 0 saturated carbocycles. The second-order valence-electron chi connectivity index (χ2n) is 4.77. The molecule has 0 saturated heterocycles. The maximum Gasteiger partial charge on any atom is 0.138 e. The van der Waals surface area contributed by atoms with Crippen molar-refractivity contribution in [2.24, 2.45) is 0 Å². The zero-order valence-electron chi connectivity index (χ0n) is 11.6. The van der Waals surface area contributed by atoms with E-state index in [1.54, 1.807) is 22.0 Å². The van der Waals surface area contributed by atoms with Gasteiger partial charge in [-0.25, -0.2) is 19.3 Å². The molecule has 106 valence electrons. The zero-order valence-corrected chi connectivity index (χ0v) is 11.6. The van der Waals surface area contributed by atoms with Gasteiger partial charge in [0.15, 0.2) is 0 Å². The normalized spacial score (nSPS) is 10.7. The lowest BCUT2D eigenvalue weighted by molar-refractivity contribution is 0.878. The summed E-state index contributed by atoms with van der Waals surface area (Å²) in [5.74, 6) is 0. The molecular weight excluding hydrogens is 276 g/mol. The van der Waals surface area contributed by atoms with Crippen LogP contribution < -0.4 is 0 Å². The summed E-state index contributed by atoms with van der Waals surface area (Å²) in [6.45, 7) is 0. The third-order valence-electron chi connectivity index (χ3n) is 3.43. The monoisotopic (exact) mass is 288 g/mol. The number of hydrogen-bond acceptors (Lipinski definition) is 4. The molecule has 0 bridgehead atoms. The van der Waals surface area contributed by atoms with Crippen molar-refractivity contribution in [3.63, 3.8) is 0 Å². The van der Waals surface area contributed by atoms with E-state index >= 15 is 0 Å². The summed E-state index contributed by atoms with van der Waals surface area (Å²) < 4.78 is 3.47. The highest BCUT2D eigenvalue weighted by Gasteiger charge is 2.02. The molecule has 2 aromatic carbocycles. The van der Waals surface area contributed by atoms with Crippen LogP contribution in [-0.2, 0) is 0 Å². The van der Waals surface area contributed by atoms with Crippen molar-refractivity contribution < 1.29 is 0 Å². The average molecular weight is 288 g/mol. The number of aromatic nitrogens is 6. The summed E-state index contributed by atoms with van der Waals surface area (Å²) in [6, 6.07) is 16.4. The van der Waals surface area contributed by atoms with Gasteiger partial charge in [0, 0.05) is 0 Å². The van der Waals surface area contributed by atoms with Crippen LogP contribution in [0.1, 0.15) is 0 Å². The summed E-state index contributed by atoms with van der Waals surface area (Å²) in [6.07, 6.45) is 6.41. The Morgan fingerprint density at radius 3 is 1.27 bits per heavy atom. The van der Waals surface area contributed by atoms with Crippen molar-refractivity contribution in [2.75, 3.05) is 0 Å². The SMILES string of the molecule is c1ncn(-c2ccc(-c3ccc(-n4cncn4)cc3)cc2)n1. The highest BCUT2D eigenvalue weighted by Crippen LogP contribution is 2.22. The van der Waals surface area contributed by atoms with E-state index in [0.717, 1.165) is 22.5 Å². The third kappa shape index (κ3) is 2.26. The van der Waals surface area contributed by atoms with Crippen LogP contribution in [0.25, 0.3) is 22.5 Å². The van der Waals surface area contributed by atoms with E-state index in [2.05, 4.69) is 44.4 Å². The van der Waals surface area contributed by atoms with Crippen LogP contribution in [0.3, 0.4) is 0 Å². The standard InChI is InChI=1S/C16H12N6/c1-5-15(21-11-17-9-19-21)6-2-13(1)14-3-7-16(8-4-14)22-12-18-10-20-22/h1-12H. The van der Waals surface area contributed by atoms with Gasteiger partial charge in [-0.15, -0.1) is 0 Å². The molecule has 0 aliphatic heterocycles. The Morgan fingerprint density at radius 1 is 0.545 bits per heavy atom. The van der Waals surface area contributed by atoms with E-state index in [9.17, 15) is 0 Å². The summed E-state index contributed by atoms with van der Waals surface area (Å²) in [5.41, 5.74) is 4.27. The fourth-order valence-corrected chi connectivity index (χ4v) is 2.30. The number of benzene rings is 2. The van der Waals surface area contributed by atoms with Crippen molar-refractivity contribution in [3.8, 4) is 22.5 Å². The Labute approximate surface area is 126 Å². The van der Waals surface area contributed by atoms with Crippen molar-refractivity contribution >= 4 is 0 Å². The van der Waals surface area contributed by atoms with Gasteiger partial charge in [-0.05, 0) is 35.4 Å². The van der Waals surface area contributed by atoms with Gasteiger partial charge >= 0.3 is 0 Å². The first-order valence-electron chi connectivity index (χ1n) is 6.81. The van der Waals surface area contributed by atoms with Gasteiger partial charge in [0.2, 0.25) is 0 Å². The van der Waals surface area contributed by atoms with Gasteiger partial charge in [-0.2, -0.15) is 10.2 Å². The molecule has 6 heteroatoms. The predicted molar refractivity (Wildman–Crippen MR) is 81.7 cm³/mol. The molecule has 0 N–H and O–H groups in total. The van der Waals surface area contributed by atoms with Gasteiger partial charge < -0.3 is 0 Å². The smallest absolute Gasteiger partial charge is 0.138 e. The van der Waals surface area contributed by atoms with E-state index in [1.165, 1.54) is 12.7 Å². The minimum atomic E-state index is 0.987. The molecule has 4 aromatic rings. The first kappa shape index (κ1) is 12.5. The molecule has 6 nitrogen and oxygen atoms in total. The summed E-state index contributed by atoms with van der Waals surface area (Å²) in [7, 11) is 0. The summed E-state index contributed by atoms with van der Waals surface area (Å²) >= 11 is 0. The topological polar surface area (TPSA) is 61.4 Å². The Hall–Kier alpha value is -3.28. The molecule has 0 spiro atoms. The van der Waals surface area contributed by atoms with Gasteiger partial charge in [-0.1, -0.05) is 24.3 Å². The van der Waals surface area contributed by atoms with E-state index in [1.807, 2.05) is 24.3 Å². The third-order valence-corrected chi connectivity index (χ3v) is 3.43. The molecule has 0 aliphatic carbocycles. The van der Waals surface area contributed by atoms with Gasteiger partial charge in [0.05, 0.1) is 11.4 Å². The minimum absolute atomic E-state index is 0.987. The van der Waals surface area contributed by atoms with Crippen LogP contribution in [0.4, 0.5) is 0 Å². The Bertz CT molecular complexity index is 770. The number of rotatable bonds is 3. The minimum Gasteiger partial charge on any atom is -0.223 e.